The maximum atomic E-state index is 12.8. The molecule has 0 aromatic heterocycles. The van der Waals surface area contributed by atoms with Gasteiger partial charge in [0.2, 0.25) is 10.0 Å². The van der Waals surface area contributed by atoms with Crippen LogP contribution in [-0.2, 0) is 10.0 Å². The quantitative estimate of drug-likeness (QED) is 0.749. The molecular weight excluding hydrogens is 374 g/mol. The van der Waals surface area contributed by atoms with E-state index in [9.17, 15) is 13.2 Å². The van der Waals surface area contributed by atoms with E-state index in [2.05, 4.69) is 10.0 Å². The number of nitrogens with one attached hydrogen (secondary N) is 2. The highest BCUT2D eigenvalue weighted by Gasteiger charge is 2.22. The van der Waals surface area contributed by atoms with Crippen LogP contribution in [0.15, 0.2) is 53.4 Å². The standard InChI is InChI=1S/C21H23N3O3S/c22-15-16-7-5-11-19(13-16)23-21(25)17-8-6-12-20(14-17)28(26,27)24-18-9-3-1-2-4-10-18/h5-8,11-14,18,24H,1-4,9-10H2,(H,23,25). The van der Waals surface area contributed by atoms with Crippen molar-refractivity contribution in [3.05, 3.63) is 59.7 Å². The largest absolute Gasteiger partial charge is 0.322 e. The summed E-state index contributed by atoms with van der Waals surface area (Å²) in [5.41, 5.74) is 1.15. The number of carbonyl (C=O) groups excluding carboxylic acids is 1. The Balaban J connectivity index is 1.75. The Hall–Kier alpha value is -2.69. The van der Waals surface area contributed by atoms with Gasteiger partial charge >= 0.3 is 0 Å². The van der Waals surface area contributed by atoms with Gasteiger partial charge in [-0.3, -0.25) is 4.79 Å². The summed E-state index contributed by atoms with van der Waals surface area (Å²) in [5.74, 6) is -0.429. The van der Waals surface area contributed by atoms with Crippen LogP contribution in [0, 0.1) is 11.3 Å². The van der Waals surface area contributed by atoms with E-state index in [1.54, 1.807) is 36.4 Å². The fourth-order valence-electron chi connectivity index (χ4n) is 3.36. The lowest BCUT2D eigenvalue weighted by atomic mass is 10.1. The molecule has 7 heteroatoms. The normalized spacial score (nSPS) is 15.4. The van der Waals surface area contributed by atoms with Crippen LogP contribution in [0.25, 0.3) is 0 Å². The first-order valence-corrected chi connectivity index (χ1v) is 10.9. The van der Waals surface area contributed by atoms with E-state index in [0.29, 0.717) is 11.3 Å². The van der Waals surface area contributed by atoms with Gasteiger partial charge in [-0.2, -0.15) is 5.26 Å². The van der Waals surface area contributed by atoms with Crippen molar-refractivity contribution in [1.82, 2.24) is 4.72 Å². The van der Waals surface area contributed by atoms with Crippen molar-refractivity contribution in [2.24, 2.45) is 0 Å². The maximum absolute atomic E-state index is 12.8. The van der Waals surface area contributed by atoms with Crippen molar-refractivity contribution in [3.8, 4) is 6.07 Å². The van der Waals surface area contributed by atoms with Crippen molar-refractivity contribution in [1.29, 1.82) is 5.26 Å². The lowest BCUT2D eigenvalue weighted by Gasteiger charge is -2.16. The molecule has 146 valence electrons. The van der Waals surface area contributed by atoms with Gasteiger partial charge < -0.3 is 5.32 Å². The number of benzene rings is 2. The summed E-state index contributed by atoms with van der Waals surface area (Å²) >= 11 is 0. The number of nitriles is 1. The van der Waals surface area contributed by atoms with Crippen LogP contribution < -0.4 is 10.0 Å². The topological polar surface area (TPSA) is 99.1 Å². The van der Waals surface area contributed by atoms with Crippen LogP contribution in [0.5, 0.6) is 0 Å². The first-order valence-electron chi connectivity index (χ1n) is 9.42. The Labute approximate surface area is 165 Å². The van der Waals surface area contributed by atoms with Crippen molar-refractivity contribution in [3.63, 3.8) is 0 Å². The average Bonchev–Trinajstić information content (AvgIpc) is 2.96. The number of hydrogen-bond donors (Lipinski definition) is 2. The molecule has 3 rings (SSSR count). The summed E-state index contributed by atoms with van der Waals surface area (Å²) in [5, 5.41) is 11.7. The number of amides is 1. The predicted molar refractivity (Wildman–Crippen MR) is 107 cm³/mol. The predicted octanol–water partition coefficient (Wildman–Crippen LogP) is 3.81. The van der Waals surface area contributed by atoms with Crippen LogP contribution in [0.2, 0.25) is 0 Å². The van der Waals surface area contributed by atoms with E-state index in [-0.39, 0.29) is 16.5 Å². The Morgan fingerprint density at radius 1 is 1.00 bits per heavy atom. The Morgan fingerprint density at radius 2 is 1.71 bits per heavy atom. The monoisotopic (exact) mass is 397 g/mol. The fraction of sp³-hybridized carbons (Fsp3) is 0.333. The molecule has 1 saturated carbocycles. The molecule has 0 heterocycles. The minimum Gasteiger partial charge on any atom is -0.322 e. The number of carbonyl (C=O) groups is 1. The lowest BCUT2D eigenvalue weighted by molar-refractivity contribution is 0.102. The number of anilines is 1. The number of hydrogen-bond acceptors (Lipinski definition) is 4. The number of sulfonamides is 1. The van der Waals surface area contributed by atoms with E-state index < -0.39 is 15.9 Å². The molecule has 0 aliphatic heterocycles. The first kappa shape index (κ1) is 20.1. The molecule has 0 atom stereocenters. The third-order valence-corrected chi connectivity index (χ3v) is 6.35. The average molecular weight is 398 g/mol. The molecule has 1 aliphatic rings. The molecule has 1 fully saturated rings. The molecule has 2 aromatic carbocycles. The minimum atomic E-state index is -3.69. The molecular formula is C21H23N3O3S. The highest BCUT2D eigenvalue weighted by molar-refractivity contribution is 7.89. The summed E-state index contributed by atoms with van der Waals surface area (Å²) in [6, 6.07) is 14.5. The third-order valence-electron chi connectivity index (χ3n) is 4.83. The van der Waals surface area contributed by atoms with Gasteiger partial charge in [-0.05, 0) is 49.2 Å². The molecule has 6 nitrogen and oxygen atoms in total. The van der Waals surface area contributed by atoms with Gasteiger partial charge in [-0.1, -0.05) is 37.8 Å². The lowest BCUT2D eigenvalue weighted by Crippen LogP contribution is -2.34. The van der Waals surface area contributed by atoms with Gasteiger partial charge in [0, 0.05) is 17.3 Å². The van der Waals surface area contributed by atoms with E-state index in [4.69, 9.17) is 5.26 Å². The molecule has 2 N–H and O–H groups in total. The van der Waals surface area contributed by atoms with E-state index in [0.717, 1.165) is 38.5 Å². The Morgan fingerprint density at radius 3 is 2.43 bits per heavy atom. The summed E-state index contributed by atoms with van der Waals surface area (Å²) in [7, 11) is -3.69. The van der Waals surface area contributed by atoms with Crippen LogP contribution in [0.1, 0.15) is 54.4 Å². The molecule has 0 radical (unpaired) electrons. The zero-order chi connectivity index (χ0) is 20.0. The van der Waals surface area contributed by atoms with Gasteiger partial charge in [0.05, 0.1) is 16.5 Å². The van der Waals surface area contributed by atoms with E-state index >= 15 is 0 Å². The second kappa shape index (κ2) is 9.00. The Bertz CT molecular complexity index is 988. The van der Waals surface area contributed by atoms with Gasteiger partial charge in [-0.25, -0.2) is 13.1 Å². The van der Waals surface area contributed by atoms with Gasteiger partial charge in [0.25, 0.3) is 5.91 Å². The SMILES string of the molecule is N#Cc1cccc(NC(=O)c2cccc(S(=O)(=O)NC3CCCCCC3)c2)c1. The summed E-state index contributed by atoms with van der Waals surface area (Å²) in [6.45, 7) is 0. The van der Waals surface area contributed by atoms with E-state index in [1.807, 2.05) is 6.07 Å². The molecule has 2 aromatic rings. The molecule has 0 spiro atoms. The van der Waals surface area contributed by atoms with Gasteiger partial charge in [0.15, 0.2) is 0 Å². The maximum Gasteiger partial charge on any atom is 0.255 e. The summed E-state index contributed by atoms with van der Waals surface area (Å²) < 4.78 is 28.3. The van der Waals surface area contributed by atoms with Crippen LogP contribution in [0.4, 0.5) is 5.69 Å². The number of nitrogens with zero attached hydrogens (tertiary/aromatic N) is 1. The smallest absolute Gasteiger partial charge is 0.255 e. The third kappa shape index (κ3) is 5.18. The van der Waals surface area contributed by atoms with Crippen molar-refractivity contribution < 1.29 is 13.2 Å². The second-order valence-corrected chi connectivity index (χ2v) is 8.70. The highest BCUT2D eigenvalue weighted by atomic mass is 32.2. The minimum absolute atomic E-state index is 0.0568. The van der Waals surface area contributed by atoms with E-state index in [1.165, 1.54) is 12.1 Å². The van der Waals surface area contributed by atoms with Crippen LogP contribution in [0.3, 0.4) is 0 Å². The Kier molecular flexibility index (Phi) is 6.45. The molecule has 0 bridgehead atoms. The van der Waals surface area contributed by atoms with Crippen molar-refractivity contribution in [2.75, 3.05) is 5.32 Å². The summed E-state index contributed by atoms with van der Waals surface area (Å²) in [4.78, 5) is 12.6. The fourth-order valence-corrected chi connectivity index (χ4v) is 4.71. The molecule has 1 amide bonds. The molecule has 0 unspecified atom stereocenters. The van der Waals surface area contributed by atoms with Gasteiger partial charge in [0.1, 0.15) is 0 Å². The van der Waals surface area contributed by atoms with Gasteiger partial charge in [-0.15, -0.1) is 0 Å². The molecule has 1 aliphatic carbocycles. The second-order valence-electron chi connectivity index (χ2n) is 6.98. The van der Waals surface area contributed by atoms with Crippen LogP contribution in [-0.4, -0.2) is 20.4 Å². The summed E-state index contributed by atoms with van der Waals surface area (Å²) in [6.07, 6.45) is 6.01. The van der Waals surface area contributed by atoms with Crippen molar-refractivity contribution >= 4 is 21.6 Å². The number of rotatable bonds is 5. The highest BCUT2D eigenvalue weighted by Crippen LogP contribution is 2.20. The molecule has 0 saturated heterocycles. The zero-order valence-electron chi connectivity index (χ0n) is 15.5. The zero-order valence-corrected chi connectivity index (χ0v) is 16.3. The first-order chi connectivity index (χ1) is 13.5. The van der Waals surface area contributed by atoms with Crippen LogP contribution >= 0.6 is 0 Å². The van der Waals surface area contributed by atoms with Crippen molar-refractivity contribution in [2.45, 2.75) is 49.5 Å². The molecule has 28 heavy (non-hydrogen) atoms.